The van der Waals surface area contributed by atoms with Crippen LogP contribution in [0.1, 0.15) is 0 Å². The fraction of sp³-hybridized carbons (Fsp3) is 0.0769. The molecule has 2 aromatic rings. The van der Waals surface area contributed by atoms with Crippen molar-refractivity contribution in [1.82, 2.24) is 0 Å². The summed E-state index contributed by atoms with van der Waals surface area (Å²) >= 11 is 5.91. The van der Waals surface area contributed by atoms with Crippen LogP contribution in [0.2, 0.25) is 5.02 Å². The van der Waals surface area contributed by atoms with Gasteiger partial charge in [-0.1, -0.05) is 17.7 Å². The zero-order valence-corrected chi connectivity index (χ0v) is 14.1. The van der Waals surface area contributed by atoms with E-state index in [1.165, 1.54) is 30.3 Å². The first-order valence-corrected chi connectivity index (χ1v) is 9.88. The molecule has 2 aromatic carbocycles. The number of halogens is 2. The van der Waals surface area contributed by atoms with Crippen LogP contribution >= 0.6 is 11.6 Å². The minimum atomic E-state index is -3.99. The first-order chi connectivity index (χ1) is 10.6. The summed E-state index contributed by atoms with van der Waals surface area (Å²) in [6.45, 7) is 0. The third kappa shape index (κ3) is 4.81. The quantitative estimate of drug-likeness (QED) is 0.836. The first-order valence-electron chi connectivity index (χ1n) is 6.12. The van der Waals surface area contributed by atoms with E-state index in [9.17, 15) is 21.2 Å². The summed E-state index contributed by atoms with van der Waals surface area (Å²) in [5.74, 6) is -0.682. The molecular weight excluding hydrogens is 367 g/mol. The smallest absolute Gasteiger partial charge is 0.261 e. The summed E-state index contributed by atoms with van der Waals surface area (Å²) in [6.07, 6.45) is 0.962. The maximum absolute atomic E-state index is 13.1. The minimum absolute atomic E-state index is 0.00914. The Morgan fingerprint density at radius 2 is 1.70 bits per heavy atom. The van der Waals surface area contributed by atoms with Crippen molar-refractivity contribution < 1.29 is 21.2 Å². The lowest BCUT2D eigenvalue weighted by atomic mass is 10.3. The lowest BCUT2D eigenvalue weighted by molar-refractivity contribution is 0.595. The molecule has 0 aromatic heterocycles. The van der Waals surface area contributed by atoms with Crippen molar-refractivity contribution in [3.63, 3.8) is 0 Å². The van der Waals surface area contributed by atoms with Crippen molar-refractivity contribution in [1.29, 1.82) is 0 Å². The molecule has 2 rings (SSSR count). The molecule has 124 valence electrons. The summed E-state index contributed by atoms with van der Waals surface area (Å²) in [5, 5.41) is 0.00914. The maximum Gasteiger partial charge on any atom is 0.261 e. The highest BCUT2D eigenvalue weighted by atomic mass is 35.5. The predicted molar refractivity (Wildman–Crippen MR) is 87.1 cm³/mol. The van der Waals surface area contributed by atoms with Gasteiger partial charge >= 0.3 is 0 Å². The van der Waals surface area contributed by atoms with E-state index in [-0.39, 0.29) is 21.3 Å². The molecule has 23 heavy (non-hydrogen) atoms. The molecular formula is C13H12ClFN2O4S2. The molecule has 6 nitrogen and oxygen atoms in total. The van der Waals surface area contributed by atoms with Crippen molar-refractivity contribution in [2.24, 2.45) is 0 Å². The Bertz CT molecular complexity index is 946. The van der Waals surface area contributed by atoms with E-state index in [1.54, 1.807) is 0 Å². The fourth-order valence-corrected chi connectivity index (χ4v) is 3.65. The SMILES string of the molecule is CS(=O)(=O)Nc1ccc(NS(=O)(=O)c2cccc(F)c2)cc1Cl. The normalized spacial score (nSPS) is 12.0. The van der Waals surface area contributed by atoms with Crippen LogP contribution in [0.5, 0.6) is 0 Å². The van der Waals surface area contributed by atoms with Crippen molar-refractivity contribution in [2.75, 3.05) is 15.7 Å². The Morgan fingerprint density at radius 3 is 2.26 bits per heavy atom. The molecule has 0 heterocycles. The highest BCUT2D eigenvalue weighted by Gasteiger charge is 2.16. The highest BCUT2D eigenvalue weighted by molar-refractivity contribution is 7.92. The zero-order chi connectivity index (χ0) is 17.3. The van der Waals surface area contributed by atoms with Gasteiger partial charge in [0.1, 0.15) is 5.82 Å². The van der Waals surface area contributed by atoms with Crippen LogP contribution < -0.4 is 9.44 Å². The van der Waals surface area contributed by atoms with Gasteiger partial charge in [0.05, 0.1) is 27.5 Å². The molecule has 0 spiro atoms. The van der Waals surface area contributed by atoms with Gasteiger partial charge in [-0.2, -0.15) is 0 Å². The van der Waals surface area contributed by atoms with Crippen LogP contribution in [0.25, 0.3) is 0 Å². The average molecular weight is 379 g/mol. The Morgan fingerprint density at radius 1 is 1.00 bits per heavy atom. The van der Waals surface area contributed by atoms with E-state index in [0.29, 0.717) is 0 Å². The molecule has 0 unspecified atom stereocenters. The third-order valence-corrected chi connectivity index (χ3v) is 4.91. The topological polar surface area (TPSA) is 92.3 Å². The zero-order valence-electron chi connectivity index (χ0n) is 11.7. The van der Waals surface area contributed by atoms with E-state index in [2.05, 4.69) is 9.44 Å². The second-order valence-corrected chi connectivity index (χ2v) is 8.47. The molecule has 2 N–H and O–H groups in total. The number of nitrogens with one attached hydrogen (secondary N) is 2. The van der Waals surface area contributed by atoms with Gasteiger partial charge in [0.15, 0.2) is 0 Å². The van der Waals surface area contributed by atoms with E-state index in [0.717, 1.165) is 18.4 Å². The van der Waals surface area contributed by atoms with Crippen molar-refractivity contribution in [3.05, 3.63) is 53.3 Å². The standard InChI is InChI=1S/C13H12ClFN2O4S2/c1-22(18,19)17-13-6-5-10(8-12(13)14)16-23(20,21)11-4-2-3-9(15)7-11/h2-8,16-17H,1H3. The number of anilines is 2. The summed E-state index contributed by atoms with van der Waals surface area (Å²) < 4.78 is 64.2. The van der Waals surface area contributed by atoms with Gasteiger partial charge in [-0.3, -0.25) is 9.44 Å². The van der Waals surface area contributed by atoms with Gasteiger partial charge in [0.25, 0.3) is 10.0 Å². The van der Waals surface area contributed by atoms with E-state index in [1.807, 2.05) is 0 Å². The lowest BCUT2D eigenvalue weighted by Gasteiger charge is -2.11. The molecule has 0 aliphatic heterocycles. The van der Waals surface area contributed by atoms with Crippen LogP contribution in [-0.2, 0) is 20.0 Å². The second kappa shape index (κ2) is 6.34. The number of benzene rings is 2. The van der Waals surface area contributed by atoms with Gasteiger partial charge in [-0.05, 0) is 36.4 Å². The molecule has 0 bridgehead atoms. The van der Waals surface area contributed by atoms with Crippen LogP contribution in [0.4, 0.5) is 15.8 Å². The molecule has 0 saturated carbocycles. The molecule has 0 radical (unpaired) electrons. The van der Waals surface area contributed by atoms with Gasteiger partial charge in [-0.15, -0.1) is 0 Å². The average Bonchev–Trinajstić information content (AvgIpc) is 2.40. The number of sulfonamides is 2. The fourth-order valence-electron chi connectivity index (χ4n) is 1.71. The largest absolute Gasteiger partial charge is 0.282 e. The second-order valence-electron chi connectivity index (χ2n) is 4.63. The predicted octanol–water partition coefficient (Wildman–Crippen LogP) is 2.65. The molecule has 0 saturated heterocycles. The molecule has 0 amide bonds. The molecule has 0 fully saturated rings. The maximum atomic E-state index is 13.1. The Hall–Kier alpha value is -1.84. The van der Waals surface area contributed by atoms with E-state index >= 15 is 0 Å². The summed E-state index contributed by atoms with van der Waals surface area (Å²) in [6, 6.07) is 8.41. The van der Waals surface area contributed by atoms with Crippen molar-refractivity contribution in [3.8, 4) is 0 Å². The van der Waals surface area contributed by atoms with Crippen molar-refractivity contribution in [2.45, 2.75) is 4.90 Å². The van der Waals surface area contributed by atoms with E-state index < -0.39 is 25.9 Å². The Kier molecular flexibility index (Phi) is 4.83. The molecule has 10 heteroatoms. The molecule has 0 atom stereocenters. The monoisotopic (exact) mass is 378 g/mol. The minimum Gasteiger partial charge on any atom is -0.282 e. The van der Waals surface area contributed by atoms with Crippen molar-refractivity contribution >= 4 is 43.0 Å². The summed E-state index contributed by atoms with van der Waals surface area (Å²) in [5.41, 5.74) is 0.223. The van der Waals surface area contributed by atoms with Crippen LogP contribution in [0.15, 0.2) is 47.4 Å². The molecule has 0 aliphatic rings. The first kappa shape index (κ1) is 17.5. The Balaban J connectivity index is 2.28. The van der Waals surface area contributed by atoms with E-state index in [4.69, 9.17) is 11.6 Å². The van der Waals surface area contributed by atoms with Gasteiger partial charge < -0.3 is 0 Å². The number of hydrogen-bond donors (Lipinski definition) is 2. The highest BCUT2D eigenvalue weighted by Crippen LogP contribution is 2.27. The Labute approximate surface area is 138 Å². The number of rotatable bonds is 5. The summed E-state index contributed by atoms with van der Waals surface area (Å²) in [7, 11) is -7.50. The number of hydrogen-bond acceptors (Lipinski definition) is 4. The third-order valence-electron chi connectivity index (χ3n) is 2.62. The van der Waals surface area contributed by atoms with Crippen LogP contribution in [-0.4, -0.2) is 23.1 Å². The van der Waals surface area contributed by atoms with Gasteiger partial charge in [0, 0.05) is 0 Å². The van der Waals surface area contributed by atoms with Crippen LogP contribution in [0, 0.1) is 5.82 Å². The van der Waals surface area contributed by atoms with Crippen LogP contribution in [0.3, 0.4) is 0 Å². The molecule has 0 aliphatic carbocycles. The lowest BCUT2D eigenvalue weighted by Crippen LogP contribution is -2.14. The van der Waals surface area contributed by atoms with Gasteiger partial charge in [-0.25, -0.2) is 21.2 Å². The van der Waals surface area contributed by atoms with Gasteiger partial charge in [0.2, 0.25) is 10.0 Å². The summed E-state index contributed by atoms with van der Waals surface area (Å²) in [4.78, 5) is -0.244.